The van der Waals surface area contributed by atoms with Crippen LogP contribution in [0, 0.1) is 10.5 Å². The maximum absolute atomic E-state index is 5.95. The van der Waals surface area contributed by atoms with Crippen molar-refractivity contribution in [3.05, 3.63) is 62.7 Å². The average Bonchev–Trinajstić information content (AvgIpc) is 2.49. The first-order chi connectivity index (χ1) is 10.2. The van der Waals surface area contributed by atoms with Crippen LogP contribution in [0.25, 0.3) is 0 Å². The molecule has 1 atom stereocenters. The molecule has 0 radical (unpaired) electrons. The Morgan fingerprint density at radius 1 is 1.14 bits per heavy atom. The molecule has 1 unspecified atom stereocenters. The van der Waals surface area contributed by atoms with Gasteiger partial charge in [0.25, 0.3) is 0 Å². The summed E-state index contributed by atoms with van der Waals surface area (Å²) in [5.41, 5.74) is 4.31. The van der Waals surface area contributed by atoms with Crippen molar-refractivity contribution in [2.75, 3.05) is 19.7 Å². The number of quaternary nitrogens is 1. The molecule has 1 N–H and O–H groups in total. The molecule has 2 aromatic rings. The van der Waals surface area contributed by atoms with Crippen LogP contribution in [0.5, 0.6) is 5.75 Å². The van der Waals surface area contributed by atoms with E-state index in [1.807, 2.05) is 0 Å². The minimum absolute atomic E-state index is 0.788. The molecule has 0 aromatic heterocycles. The van der Waals surface area contributed by atoms with Gasteiger partial charge in [-0.15, -0.1) is 0 Å². The van der Waals surface area contributed by atoms with Gasteiger partial charge >= 0.3 is 0 Å². The number of rotatable bonds is 4. The molecule has 0 amide bonds. The van der Waals surface area contributed by atoms with Crippen LogP contribution in [0.15, 0.2) is 42.5 Å². The number of hydrogen-bond donors (Lipinski definition) is 1. The molecule has 0 saturated carbocycles. The van der Waals surface area contributed by atoms with E-state index in [0.717, 1.165) is 25.4 Å². The molecule has 2 nitrogen and oxygen atoms in total. The van der Waals surface area contributed by atoms with Crippen LogP contribution < -0.4 is 9.64 Å². The Balaban J connectivity index is 1.52. The van der Waals surface area contributed by atoms with Gasteiger partial charge in [0, 0.05) is 12.0 Å². The standard InChI is InChI=1S/C18H20INO/c1-14-6-7-18(17(19)12-14)21-11-10-20-9-8-15-4-2-3-5-16(15)13-20/h2-7,12H,8-11,13H2,1H3/p+1. The fraction of sp³-hybridized carbons (Fsp3) is 0.333. The van der Waals surface area contributed by atoms with Crippen molar-refractivity contribution < 1.29 is 9.64 Å². The van der Waals surface area contributed by atoms with Crippen molar-refractivity contribution in [2.45, 2.75) is 19.9 Å². The summed E-state index contributed by atoms with van der Waals surface area (Å²) < 4.78 is 7.15. The van der Waals surface area contributed by atoms with Gasteiger partial charge < -0.3 is 9.64 Å². The number of nitrogens with one attached hydrogen (secondary N) is 1. The van der Waals surface area contributed by atoms with Crippen molar-refractivity contribution in [3.63, 3.8) is 0 Å². The fourth-order valence-corrected chi connectivity index (χ4v) is 3.71. The molecule has 3 rings (SSSR count). The van der Waals surface area contributed by atoms with Crippen molar-refractivity contribution in [1.29, 1.82) is 0 Å². The summed E-state index contributed by atoms with van der Waals surface area (Å²) in [6.07, 6.45) is 1.19. The highest BCUT2D eigenvalue weighted by molar-refractivity contribution is 14.1. The fourth-order valence-electron chi connectivity index (χ4n) is 2.88. The van der Waals surface area contributed by atoms with Gasteiger partial charge in [0.05, 0.1) is 10.1 Å². The normalized spacial score (nSPS) is 17.3. The van der Waals surface area contributed by atoms with E-state index in [1.165, 1.54) is 33.2 Å². The molecule has 1 aliphatic rings. The molecule has 1 heterocycles. The smallest absolute Gasteiger partial charge is 0.137 e. The highest BCUT2D eigenvalue weighted by atomic mass is 127. The minimum atomic E-state index is 0.788. The second kappa shape index (κ2) is 6.79. The number of benzene rings is 2. The van der Waals surface area contributed by atoms with Crippen molar-refractivity contribution in [2.24, 2.45) is 0 Å². The zero-order chi connectivity index (χ0) is 14.7. The van der Waals surface area contributed by atoms with E-state index >= 15 is 0 Å². The number of ether oxygens (including phenoxy) is 1. The number of hydrogen-bond acceptors (Lipinski definition) is 1. The molecule has 0 fully saturated rings. The molecule has 0 spiro atoms. The lowest BCUT2D eigenvalue weighted by Gasteiger charge is -2.25. The summed E-state index contributed by atoms with van der Waals surface area (Å²) in [6, 6.07) is 15.2. The van der Waals surface area contributed by atoms with Gasteiger partial charge in [-0.05, 0) is 52.8 Å². The Morgan fingerprint density at radius 2 is 1.95 bits per heavy atom. The van der Waals surface area contributed by atoms with E-state index < -0.39 is 0 Å². The van der Waals surface area contributed by atoms with E-state index in [4.69, 9.17) is 4.74 Å². The molecule has 3 heteroatoms. The highest BCUT2D eigenvalue weighted by Gasteiger charge is 2.18. The lowest BCUT2D eigenvalue weighted by atomic mass is 10.0. The van der Waals surface area contributed by atoms with Gasteiger partial charge in [0.1, 0.15) is 25.4 Å². The molecule has 0 bridgehead atoms. The van der Waals surface area contributed by atoms with Gasteiger partial charge in [-0.3, -0.25) is 0 Å². The van der Waals surface area contributed by atoms with E-state index in [-0.39, 0.29) is 0 Å². The van der Waals surface area contributed by atoms with Crippen molar-refractivity contribution in [3.8, 4) is 5.75 Å². The molecule has 1 aliphatic heterocycles. The van der Waals surface area contributed by atoms with Crippen LogP contribution in [-0.2, 0) is 13.0 Å². The number of fused-ring (bicyclic) bond motifs is 1. The second-order valence-electron chi connectivity index (χ2n) is 5.73. The quantitative estimate of drug-likeness (QED) is 0.788. The molecule has 21 heavy (non-hydrogen) atoms. The lowest BCUT2D eigenvalue weighted by Crippen LogP contribution is -3.12. The van der Waals surface area contributed by atoms with Crippen LogP contribution in [-0.4, -0.2) is 19.7 Å². The molecule has 0 saturated heterocycles. The third-order valence-corrected chi connectivity index (χ3v) is 4.95. The minimum Gasteiger partial charge on any atom is -0.487 e. The summed E-state index contributed by atoms with van der Waals surface area (Å²) in [4.78, 5) is 1.62. The first-order valence-corrected chi connectivity index (χ1v) is 8.59. The third-order valence-electron chi connectivity index (χ3n) is 4.11. The first-order valence-electron chi connectivity index (χ1n) is 7.51. The predicted molar refractivity (Wildman–Crippen MR) is 93.9 cm³/mol. The summed E-state index contributed by atoms with van der Waals surface area (Å²) in [6.45, 7) is 6.31. The van der Waals surface area contributed by atoms with Crippen LogP contribution in [0.4, 0.5) is 0 Å². The van der Waals surface area contributed by atoms with Crippen molar-refractivity contribution in [1.82, 2.24) is 0 Å². The van der Waals surface area contributed by atoms with E-state index in [1.54, 1.807) is 4.90 Å². The Hall–Kier alpha value is -1.07. The topological polar surface area (TPSA) is 13.7 Å². The molecular formula is C18H21INO+. The van der Waals surface area contributed by atoms with E-state index in [0.29, 0.717) is 0 Å². The molecule has 0 aliphatic carbocycles. The SMILES string of the molecule is Cc1ccc(OCC[NH+]2CCc3ccccc3C2)c(I)c1. The summed E-state index contributed by atoms with van der Waals surface area (Å²) in [7, 11) is 0. The maximum Gasteiger partial charge on any atom is 0.137 e. The van der Waals surface area contributed by atoms with E-state index in [2.05, 4.69) is 72.0 Å². The Labute approximate surface area is 140 Å². The van der Waals surface area contributed by atoms with Gasteiger partial charge in [-0.2, -0.15) is 0 Å². The zero-order valence-electron chi connectivity index (χ0n) is 12.4. The van der Waals surface area contributed by atoms with Gasteiger partial charge in [-0.1, -0.05) is 30.3 Å². The van der Waals surface area contributed by atoms with Crippen molar-refractivity contribution >= 4 is 22.6 Å². The first kappa shape index (κ1) is 14.9. The summed E-state index contributed by atoms with van der Waals surface area (Å²) in [5, 5.41) is 0. The Kier molecular flexibility index (Phi) is 4.80. The van der Waals surface area contributed by atoms with Crippen LogP contribution in [0.1, 0.15) is 16.7 Å². The zero-order valence-corrected chi connectivity index (χ0v) is 14.5. The monoisotopic (exact) mass is 394 g/mol. The maximum atomic E-state index is 5.95. The van der Waals surface area contributed by atoms with Crippen LogP contribution in [0.2, 0.25) is 0 Å². The van der Waals surface area contributed by atoms with Crippen LogP contribution in [0.3, 0.4) is 0 Å². The molecule has 2 aromatic carbocycles. The number of halogens is 1. The predicted octanol–water partition coefficient (Wildman–Crippen LogP) is 2.62. The number of aryl methyl sites for hydroxylation is 1. The average molecular weight is 394 g/mol. The second-order valence-corrected chi connectivity index (χ2v) is 6.89. The van der Waals surface area contributed by atoms with E-state index in [9.17, 15) is 0 Å². The molecule has 110 valence electrons. The Bertz CT molecular complexity index is 626. The highest BCUT2D eigenvalue weighted by Crippen LogP contribution is 2.21. The van der Waals surface area contributed by atoms with Gasteiger partial charge in [-0.25, -0.2) is 0 Å². The largest absolute Gasteiger partial charge is 0.487 e. The van der Waals surface area contributed by atoms with Crippen LogP contribution >= 0.6 is 22.6 Å². The van der Waals surface area contributed by atoms with Gasteiger partial charge in [0.15, 0.2) is 0 Å². The third kappa shape index (κ3) is 3.77. The summed E-state index contributed by atoms with van der Waals surface area (Å²) >= 11 is 2.35. The Morgan fingerprint density at radius 3 is 2.76 bits per heavy atom. The summed E-state index contributed by atoms with van der Waals surface area (Å²) in [5.74, 6) is 1.01. The van der Waals surface area contributed by atoms with Gasteiger partial charge in [0.2, 0.25) is 0 Å². The lowest BCUT2D eigenvalue weighted by molar-refractivity contribution is -0.915. The molecular weight excluding hydrogens is 373 g/mol.